The van der Waals surface area contributed by atoms with Crippen molar-refractivity contribution in [2.75, 3.05) is 38.0 Å². The fourth-order valence-corrected chi connectivity index (χ4v) is 4.00. The summed E-state index contributed by atoms with van der Waals surface area (Å²) in [6.07, 6.45) is 0. The van der Waals surface area contributed by atoms with Gasteiger partial charge in [0.1, 0.15) is 5.82 Å². The van der Waals surface area contributed by atoms with Crippen molar-refractivity contribution in [1.29, 1.82) is 0 Å². The van der Waals surface area contributed by atoms with Crippen LogP contribution in [0.3, 0.4) is 0 Å². The van der Waals surface area contributed by atoms with Gasteiger partial charge in [0.15, 0.2) is 0 Å². The number of piperazine rings is 1. The van der Waals surface area contributed by atoms with Crippen LogP contribution in [0.5, 0.6) is 0 Å². The molecule has 0 atom stereocenters. The Morgan fingerprint density at radius 2 is 1.69 bits per heavy atom. The Kier molecular flexibility index (Phi) is 11.2. The summed E-state index contributed by atoms with van der Waals surface area (Å²) in [5, 5.41) is 3.36. The van der Waals surface area contributed by atoms with Crippen molar-refractivity contribution in [1.82, 2.24) is 19.4 Å². The second kappa shape index (κ2) is 12.6. The molecule has 1 aliphatic heterocycles. The van der Waals surface area contributed by atoms with Crippen molar-refractivity contribution >= 4 is 71.5 Å². The van der Waals surface area contributed by atoms with Gasteiger partial charge in [-0.05, 0) is 36.9 Å². The van der Waals surface area contributed by atoms with E-state index in [9.17, 15) is 4.79 Å². The quantitative estimate of drug-likeness (QED) is 0.520. The van der Waals surface area contributed by atoms with Gasteiger partial charge < -0.3 is 14.8 Å². The first kappa shape index (κ1) is 28.5. The van der Waals surface area contributed by atoms with Crippen LogP contribution in [0.1, 0.15) is 23.1 Å². The fraction of sp³-hybridized carbons (Fsp3) is 0.364. The van der Waals surface area contributed by atoms with E-state index in [-0.39, 0.29) is 43.1 Å². The highest BCUT2D eigenvalue weighted by atomic mass is 35.5. The van der Waals surface area contributed by atoms with Crippen LogP contribution in [-0.4, -0.2) is 58.0 Å². The minimum atomic E-state index is -0.222. The summed E-state index contributed by atoms with van der Waals surface area (Å²) in [6.45, 7) is 8.51. The van der Waals surface area contributed by atoms with Crippen molar-refractivity contribution in [2.45, 2.75) is 13.5 Å². The first-order valence-electron chi connectivity index (χ1n) is 10.0. The van der Waals surface area contributed by atoms with Crippen LogP contribution in [-0.2, 0) is 13.6 Å². The summed E-state index contributed by atoms with van der Waals surface area (Å²) in [5.74, 6) is 0.819. The van der Waals surface area contributed by atoms with E-state index in [1.165, 1.54) is 0 Å². The molecule has 0 saturated carbocycles. The number of amides is 1. The Morgan fingerprint density at radius 3 is 2.34 bits per heavy atom. The van der Waals surface area contributed by atoms with E-state index < -0.39 is 0 Å². The number of nitrogens with zero attached hydrogens (tertiary/aromatic N) is 4. The summed E-state index contributed by atoms with van der Waals surface area (Å²) >= 11 is 6.13. The van der Waals surface area contributed by atoms with Crippen molar-refractivity contribution in [3.8, 4) is 0 Å². The molecule has 32 heavy (non-hydrogen) atoms. The van der Waals surface area contributed by atoms with E-state index in [2.05, 4.69) is 33.7 Å². The van der Waals surface area contributed by atoms with Gasteiger partial charge in [0.25, 0.3) is 5.91 Å². The van der Waals surface area contributed by atoms with Gasteiger partial charge in [0.2, 0.25) is 0 Å². The number of rotatable bonds is 5. The average Bonchev–Trinajstić information content (AvgIpc) is 3.03. The van der Waals surface area contributed by atoms with E-state index in [0.29, 0.717) is 16.3 Å². The fourth-order valence-electron chi connectivity index (χ4n) is 3.78. The maximum Gasteiger partial charge on any atom is 0.257 e. The number of benzene rings is 2. The first-order chi connectivity index (χ1) is 14.0. The molecular formula is C22H29Cl4N5O. The zero-order chi connectivity index (χ0) is 20.4. The lowest BCUT2D eigenvalue weighted by molar-refractivity contribution is 0.102. The molecule has 1 aromatic heterocycles. The molecule has 3 aromatic rings. The molecule has 1 amide bonds. The molecule has 1 aliphatic rings. The Hall–Kier alpha value is -1.54. The number of hydrogen-bond acceptors (Lipinski definition) is 4. The number of hydrogen-bond donors (Lipinski definition) is 1. The summed E-state index contributed by atoms with van der Waals surface area (Å²) in [4.78, 5) is 22.3. The van der Waals surface area contributed by atoms with Crippen LogP contribution in [0.15, 0.2) is 42.5 Å². The molecule has 1 N–H and O–H groups in total. The molecule has 0 bridgehead atoms. The predicted molar refractivity (Wildman–Crippen MR) is 139 cm³/mol. The van der Waals surface area contributed by atoms with Crippen molar-refractivity contribution in [2.24, 2.45) is 7.05 Å². The molecule has 4 rings (SSSR count). The lowest BCUT2D eigenvalue weighted by atomic mass is 10.2. The SMILES string of the molecule is CCN1CCN(Cc2nc3cc(NC(=O)c4ccccc4Cl)ccc3n2C)CC1.Cl.Cl.Cl. The third-order valence-electron chi connectivity index (χ3n) is 5.63. The van der Waals surface area contributed by atoms with Gasteiger partial charge >= 0.3 is 0 Å². The normalized spacial score (nSPS) is 14.2. The van der Waals surface area contributed by atoms with E-state index in [1.807, 2.05) is 24.3 Å². The average molecular weight is 521 g/mol. The Balaban J connectivity index is 0.00000171. The third-order valence-corrected chi connectivity index (χ3v) is 5.96. The van der Waals surface area contributed by atoms with Crippen molar-refractivity contribution in [3.63, 3.8) is 0 Å². The molecule has 10 heteroatoms. The lowest BCUT2D eigenvalue weighted by Crippen LogP contribution is -2.45. The topological polar surface area (TPSA) is 53.4 Å². The Bertz CT molecular complexity index is 1030. The van der Waals surface area contributed by atoms with E-state index in [4.69, 9.17) is 16.6 Å². The lowest BCUT2D eigenvalue weighted by Gasteiger charge is -2.33. The van der Waals surface area contributed by atoms with Crippen LogP contribution < -0.4 is 5.32 Å². The minimum Gasteiger partial charge on any atom is -0.330 e. The minimum absolute atomic E-state index is 0. The van der Waals surface area contributed by atoms with Gasteiger partial charge in [-0.3, -0.25) is 9.69 Å². The van der Waals surface area contributed by atoms with E-state index in [1.54, 1.807) is 18.2 Å². The number of aromatic nitrogens is 2. The number of halogens is 4. The van der Waals surface area contributed by atoms with Crippen LogP contribution in [0, 0.1) is 0 Å². The molecule has 2 heterocycles. The maximum absolute atomic E-state index is 12.5. The number of fused-ring (bicyclic) bond motifs is 1. The van der Waals surface area contributed by atoms with Gasteiger partial charge in [-0.1, -0.05) is 30.7 Å². The molecule has 0 radical (unpaired) electrons. The predicted octanol–water partition coefficient (Wildman–Crippen LogP) is 4.88. The number of imidazole rings is 1. The number of nitrogens with one attached hydrogen (secondary N) is 1. The Labute approximate surface area is 212 Å². The first-order valence-corrected chi connectivity index (χ1v) is 10.4. The molecule has 6 nitrogen and oxygen atoms in total. The molecule has 0 aliphatic carbocycles. The van der Waals surface area contributed by atoms with E-state index >= 15 is 0 Å². The number of aryl methyl sites for hydroxylation is 1. The standard InChI is InChI=1S/C22H26ClN5O.3ClH/c1-3-27-10-12-28(13-11-27)15-21-25-19-14-16(8-9-20(19)26(21)2)24-22(29)17-6-4-5-7-18(17)23;;;/h4-9,14H,3,10-13,15H2,1-2H3,(H,24,29);3*1H. The molecule has 0 unspecified atom stereocenters. The molecular weight excluding hydrogens is 492 g/mol. The second-order valence-electron chi connectivity index (χ2n) is 7.43. The third kappa shape index (κ3) is 6.28. The van der Waals surface area contributed by atoms with Crippen LogP contribution in [0.4, 0.5) is 5.69 Å². The van der Waals surface area contributed by atoms with Gasteiger partial charge in [0, 0.05) is 38.9 Å². The van der Waals surface area contributed by atoms with Crippen LogP contribution in [0.25, 0.3) is 11.0 Å². The van der Waals surface area contributed by atoms with Crippen molar-refractivity contribution in [3.05, 3.63) is 58.9 Å². The van der Waals surface area contributed by atoms with Crippen molar-refractivity contribution < 1.29 is 4.79 Å². The zero-order valence-electron chi connectivity index (χ0n) is 18.1. The molecule has 2 aromatic carbocycles. The summed E-state index contributed by atoms with van der Waals surface area (Å²) < 4.78 is 2.14. The number of anilines is 1. The van der Waals surface area contributed by atoms with Gasteiger partial charge in [-0.15, -0.1) is 37.2 Å². The van der Waals surface area contributed by atoms with E-state index in [0.717, 1.165) is 56.1 Å². The highest BCUT2D eigenvalue weighted by Gasteiger charge is 2.18. The number of carbonyl (C=O) groups excluding carboxylic acids is 1. The smallest absolute Gasteiger partial charge is 0.257 e. The second-order valence-corrected chi connectivity index (χ2v) is 7.84. The molecule has 176 valence electrons. The largest absolute Gasteiger partial charge is 0.330 e. The summed E-state index contributed by atoms with van der Waals surface area (Å²) in [6, 6.07) is 12.9. The van der Waals surface area contributed by atoms with Crippen LogP contribution >= 0.6 is 48.8 Å². The van der Waals surface area contributed by atoms with Gasteiger partial charge in [0.05, 0.1) is 28.2 Å². The zero-order valence-corrected chi connectivity index (χ0v) is 21.3. The highest BCUT2D eigenvalue weighted by molar-refractivity contribution is 6.34. The molecule has 0 spiro atoms. The summed E-state index contributed by atoms with van der Waals surface area (Å²) in [5.41, 5.74) is 3.11. The number of carbonyl (C=O) groups is 1. The van der Waals surface area contributed by atoms with Gasteiger partial charge in [-0.25, -0.2) is 4.98 Å². The maximum atomic E-state index is 12.5. The monoisotopic (exact) mass is 519 g/mol. The van der Waals surface area contributed by atoms with Crippen LogP contribution in [0.2, 0.25) is 5.02 Å². The molecule has 1 fully saturated rings. The molecule has 1 saturated heterocycles. The highest BCUT2D eigenvalue weighted by Crippen LogP contribution is 2.22. The number of likely N-dealkylation sites (N-methyl/N-ethyl adjacent to an activating group) is 1. The van der Waals surface area contributed by atoms with Gasteiger partial charge in [-0.2, -0.15) is 0 Å². The summed E-state index contributed by atoms with van der Waals surface area (Å²) in [7, 11) is 2.05. The Morgan fingerprint density at radius 1 is 1.03 bits per heavy atom.